The average Bonchev–Trinajstić information content (AvgIpc) is 2.77. The quantitative estimate of drug-likeness (QED) is 0.460. The minimum Gasteiger partial charge on any atom is -0.497 e. The van der Waals surface area contributed by atoms with Crippen LogP contribution in [0.2, 0.25) is 0 Å². The number of amides is 1. The highest BCUT2D eigenvalue weighted by molar-refractivity contribution is 7.87. The van der Waals surface area contributed by atoms with Gasteiger partial charge in [-0.1, -0.05) is 12.1 Å². The van der Waals surface area contributed by atoms with E-state index in [1.807, 2.05) is 13.8 Å². The molecule has 0 unspecified atom stereocenters. The van der Waals surface area contributed by atoms with Crippen molar-refractivity contribution in [3.8, 4) is 11.5 Å². The van der Waals surface area contributed by atoms with Gasteiger partial charge in [-0.2, -0.15) is 8.42 Å². The minimum absolute atomic E-state index is 0.0999. The van der Waals surface area contributed by atoms with Gasteiger partial charge in [0, 0.05) is 18.2 Å². The molecule has 0 radical (unpaired) electrons. The highest BCUT2D eigenvalue weighted by Gasteiger charge is 2.21. The van der Waals surface area contributed by atoms with E-state index in [-0.39, 0.29) is 29.1 Å². The summed E-state index contributed by atoms with van der Waals surface area (Å²) in [5.74, 6) is 0.0615. The van der Waals surface area contributed by atoms with Crippen LogP contribution in [-0.2, 0) is 16.7 Å². The van der Waals surface area contributed by atoms with Crippen LogP contribution in [0.3, 0.4) is 0 Å². The number of methoxy groups -OCH3 is 1. The summed E-state index contributed by atoms with van der Waals surface area (Å²) in [6.45, 7) is 4.07. The van der Waals surface area contributed by atoms with Crippen LogP contribution < -0.4 is 8.92 Å². The van der Waals surface area contributed by atoms with Gasteiger partial charge in [0.1, 0.15) is 22.2 Å². The largest absolute Gasteiger partial charge is 0.497 e. The fourth-order valence-corrected chi connectivity index (χ4v) is 3.98. The number of carbonyl (C=O) groups is 1. The normalized spacial score (nSPS) is 11.3. The predicted molar refractivity (Wildman–Crippen MR) is 119 cm³/mol. The van der Waals surface area contributed by atoms with Crippen molar-refractivity contribution < 1.29 is 26.5 Å². The third-order valence-corrected chi connectivity index (χ3v) is 6.04. The first kappa shape index (κ1) is 23.3. The molecule has 0 saturated heterocycles. The number of nitrogens with zero attached hydrogens (tertiary/aromatic N) is 1. The van der Waals surface area contributed by atoms with E-state index < -0.39 is 15.9 Å². The molecule has 0 N–H and O–H groups in total. The lowest BCUT2D eigenvalue weighted by molar-refractivity contribution is 0.0690. The van der Waals surface area contributed by atoms with Crippen LogP contribution in [0.25, 0.3) is 0 Å². The zero-order valence-electron chi connectivity index (χ0n) is 18.0. The van der Waals surface area contributed by atoms with Gasteiger partial charge >= 0.3 is 10.1 Å². The van der Waals surface area contributed by atoms with Crippen molar-refractivity contribution in [1.82, 2.24) is 4.90 Å². The third kappa shape index (κ3) is 5.64. The van der Waals surface area contributed by atoms with Gasteiger partial charge in [-0.15, -0.1) is 0 Å². The van der Waals surface area contributed by atoms with E-state index in [2.05, 4.69) is 0 Å². The maximum absolute atomic E-state index is 13.1. The molecular formula is C24H24FNO5S. The van der Waals surface area contributed by atoms with Crippen molar-refractivity contribution in [2.45, 2.75) is 31.3 Å². The maximum atomic E-state index is 13.1. The van der Waals surface area contributed by atoms with Crippen LogP contribution in [0.1, 0.15) is 29.8 Å². The molecule has 3 aromatic carbocycles. The number of hydrogen-bond donors (Lipinski definition) is 0. The van der Waals surface area contributed by atoms with E-state index in [1.54, 1.807) is 54.5 Å². The maximum Gasteiger partial charge on any atom is 0.339 e. The number of carbonyl (C=O) groups excluding carboxylic acids is 1. The summed E-state index contributed by atoms with van der Waals surface area (Å²) < 4.78 is 48.4. The van der Waals surface area contributed by atoms with Crippen molar-refractivity contribution in [1.29, 1.82) is 0 Å². The summed E-state index contributed by atoms with van der Waals surface area (Å²) in [6, 6.07) is 17.7. The number of benzene rings is 3. The Morgan fingerprint density at radius 3 is 2.22 bits per heavy atom. The van der Waals surface area contributed by atoms with Gasteiger partial charge in [-0.25, -0.2) is 4.39 Å². The highest BCUT2D eigenvalue weighted by atomic mass is 32.2. The molecule has 1 amide bonds. The highest BCUT2D eigenvalue weighted by Crippen LogP contribution is 2.22. The Morgan fingerprint density at radius 2 is 1.62 bits per heavy atom. The second-order valence-electron chi connectivity index (χ2n) is 7.39. The Morgan fingerprint density at radius 1 is 0.969 bits per heavy atom. The second kappa shape index (κ2) is 9.82. The first-order valence-electron chi connectivity index (χ1n) is 9.93. The van der Waals surface area contributed by atoms with Gasteiger partial charge in [0.15, 0.2) is 0 Å². The Balaban J connectivity index is 1.79. The number of halogens is 1. The molecule has 0 spiro atoms. The third-order valence-electron chi connectivity index (χ3n) is 4.78. The van der Waals surface area contributed by atoms with Crippen LogP contribution in [0, 0.1) is 5.82 Å². The standard InChI is InChI=1S/C24H24FNO5S/c1-17(2)26(24(27)19-7-11-21(30-3)12-8-19)16-18-5-4-6-22(15-18)31-32(28,29)23-13-9-20(25)10-14-23/h4-15,17H,16H2,1-3H3. The smallest absolute Gasteiger partial charge is 0.339 e. The fraction of sp³-hybridized carbons (Fsp3) is 0.208. The van der Waals surface area contributed by atoms with Gasteiger partial charge in [0.2, 0.25) is 0 Å². The lowest BCUT2D eigenvalue weighted by atomic mass is 10.1. The van der Waals surface area contributed by atoms with Crippen molar-refractivity contribution in [2.24, 2.45) is 0 Å². The molecule has 6 nitrogen and oxygen atoms in total. The van der Waals surface area contributed by atoms with Crippen LogP contribution in [-0.4, -0.2) is 32.4 Å². The van der Waals surface area contributed by atoms with E-state index >= 15 is 0 Å². The molecule has 0 heterocycles. The Kier molecular flexibility index (Phi) is 7.15. The van der Waals surface area contributed by atoms with Crippen LogP contribution in [0.15, 0.2) is 77.7 Å². The molecule has 3 aromatic rings. The van der Waals surface area contributed by atoms with Gasteiger partial charge in [0.05, 0.1) is 7.11 Å². The van der Waals surface area contributed by atoms with Crippen LogP contribution in [0.4, 0.5) is 4.39 Å². The van der Waals surface area contributed by atoms with E-state index in [0.29, 0.717) is 16.9 Å². The van der Waals surface area contributed by atoms with E-state index in [9.17, 15) is 17.6 Å². The van der Waals surface area contributed by atoms with E-state index in [4.69, 9.17) is 8.92 Å². The molecule has 8 heteroatoms. The molecule has 0 fully saturated rings. The van der Waals surface area contributed by atoms with Crippen LogP contribution in [0.5, 0.6) is 11.5 Å². The molecule has 0 aliphatic carbocycles. The SMILES string of the molecule is COc1ccc(C(=O)N(Cc2cccc(OS(=O)(=O)c3ccc(F)cc3)c2)C(C)C)cc1. The minimum atomic E-state index is -4.12. The first-order valence-corrected chi connectivity index (χ1v) is 11.3. The second-order valence-corrected chi connectivity index (χ2v) is 8.94. The lowest BCUT2D eigenvalue weighted by Gasteiger charge is -2.27. The molecule has 0 bridgehead atoms. The number of ether oxygens (including phenoxy) is 1. The monoisotopic (exact) mass is 457 g/mol. The van der Waals surface area contributed by atoms with E-state index in [0.717, 1.165) is 24.3 Å². The van der Waals surface area contributed by atoms with Gasteiger partial charge in [0.25, 0.3) is 5.91 Å². The Hall–Kier alpha value is -3.39. The van der Waals surface area contributed by atoms with Crippen molar-refractivity contribution >= 4 is 16.0 Å². The molecule has 0 aromatic heterocycles. The molecule has 0 atom stereocenters. The summed E-state index contributed by atoms with van der Waals surface area (Å²) >= 11 is 0. The Bertz CT molecular complexity index is 1180. The molecule has 0 aliphatic rings. The predicted octanol–water partition coefficient (Wildman–Crippen LogP) is 4.65. The van der Waals surface area contributed by atoms with Gasteiger partial charge in [-0.3, -0.25) is 4.79 Å². The summed E-state index contributed by atoms with van der Waals surface area (Å²) in [5, 5.41) is 0. The van der Waals surface area contributed by atoms with Crippen molar-refractivity contribution in [3.05, 3.63) is 89.7 Å². The van der Waals surface area contributed by atoms with Gasteiger partial charge in [-0.05, 0) is 80.1 Å². The van der Waals surface area contributed by atoms with Gasteiger partial charge < -0.3 is 13.8 Å². The molecule has 168 valence electrons. The van der Waals surface area contributed by atoms with E-state index in [1.165, 1.54) is 6.07 Å². The molecule has 3 rings (SSSR count). The number of hydrogen-bond acceptors (Lipinski definition) is 5. The summed E-state index contributed by atoms with van der Waals surface area (Å²) in [4.78, 5) is 14.6. The summed E-state index contributed by atoms with van der Waals surface area (Å²) in [5.41, 5.74) is 1.22. The number of rotatable bonds is 8. The van der Waals surface area contributed by atoms with Crippen LogP contribution >= 0.6 is 0 Å². The van der Waals surface area contributed by atoms with Crippen molar-refractivity contribution in [2.75, 3.05) is 7.11 Å². The molecular weight excluding hydrogens is 433 g/mol. The first-order chi connectivity index (χ1) is 15.2. The average molecular weight is 458 g/mol. The lowest BCUT2D eigenvalue weighted by Crippen LogP contribution is -2.36. The summed E-state index contributed by atoms with van der Waals surface area (Å²) in [6.07, 6.45) is 0. The Labute approximate surface area is 187 Å². The van der Waals surface area contributed by atoms with Crippen molar-refractivity contribution in [3.63, 3.8) is 0 Å². The molecule has 32 heavy (non-hydrogen) atoms. The zero-order chi connectivity index (χ0) is 23.3. The molecule has 0 saturated carbocycles. The summed E-state index contributed by atoms with van der Waals surface area (Å²) in [7, 11) is -2.56. The zero-order valence-corrected chi connectivity index (χ0v) is 18.8. The topological polar surface area (TPSA) is 72.9 Å². The molecule has 0 aliphatic heterocycles. The fourth-order valence-electron chi connectivity index (χ4n) is 3.06.